The van der Waals surface area contributed by atoms with Crippen LogP contribution in [0.25, 0.3) is 0 Å². The van der Waals surface area contributed by atoms with Gasteiger partial charge >= 0.3 is 0 Å². The lowest BCUT2D eigenvalue weighted by Gasteiger charge is -2.29. The van der Waals surface area contributed by atoms with E-state index in [1.54, 1.807) is 0 Å². The lowest BCUT2D eigenvalue weighted by molar-refractivity contribution is -0.127. The third-order valence-electron chi connectivity index (χ3n) is 3.82. The van der Waals surface area contributed by atoms with Gasteiger partial charge in [-0.15, -0.1) is 0 Å². The normalized spacial score (nSPS) is 19.3. The fourth-order valence-electron chi connectivity index (χ4n) is 2.34. The summed E-state index contributed by atoms with van der Waals surface area (Å²) in [4.78, 5) is 14.5. The van der Waals surface area contributed by atoms with E-state index in [9.17, 15) is 4.79 Å². The summed E-state index contributed by atoms with van der Waals surface area (Å²) in [5, 5.41) is 3.04. The molecule has 4 nitrogen and oxygen atoms in total. The molecule has 0 saturated carbocycles. The van der Waals surface area contributed by atoms with Crippen LogP contribution < -0.4 is 11.1 Å². The van der Waals surface area contributed by atoms with Crippen LogP contribution in [0.1, 0.15) is 46.5 Å². The zero-order valence-corrected chi connectivity index (χ0v) is 11.5. The minimum Gasteiger partial charge on any atom is -0.351 e. The first kappa shape index (κ1) is 14.5. The minimum absolute atomic E-state index is 0.00537. The molecule has 1 fully saturated rings. The number of hydrogen-bond acceptors (Lipinski definition) is 3. The van der Waals surface area contributed by atoms with Crippen molar-refractivity contribution in [1.82, 2.24) is 10.2 Å². The Bertz CT molecular complexity index is 245. The first-order chi connectivity index (χ1) is 8.01. The van der Waals surface area contributed by atoms with E-state index in [0.29, 0.717) is 12.8 Å². The Hall–Kier alpha value is -0.610. The van der Waals surface area contributed by atoms with Gasteiger partial charge in [-0.25, -0.2) is 0 Å². The Labute approximate surface area is 105 Å². The van der Waals surface area contributed by atoms with Gasteiger partial charge in [0.2, 0.25) is 5.91 Å². The van der Waals surface area contributed by atoms with Crippen LogP contribution in [0.3, 0.4) is 0 Å². The molecule has 1 atom stereocenters. The van der Waals surface area contributed by atoms with Gasteiger partial charge in [-0.05, 0) is 45.7 Å². The number of rotatable bonds is 6. The number of amides is 1. The van der Waals surface area contributed by atoms with Gasteiger partial charge in [-0.2, -0.15) is 0 Å². The molecule has 0 spiro atoms. The van der Waals surface area contributed by atoms with Crippen LogP contribution in [0.15, 0.2) is 0 Å². The number of nitrogens with zero attached hydrogens (tertiary/aromatic N) is 1. The SMILES string of the molecule is CCC(N)(CC)C(=O)NC(C)CN1CCCC1. The summed E-state index contributed by atoms with van der Waals surface area (Å²) in [6.07, 6.45) is 3.94. The summed E-state index contributed by atoms with van der Waals surface area (Å²) in [6, 6.07) is 0.182. The van der Waals surface area contributed by atoms with Crippen molar-refractivity contribution in [2.75, 3.05) is 19.6 Å². The lowest BCUT2D eigenvalue weighted by atomic mass is 9.93. The maximum Gasteiger partial charge on any atom is 0.240 e. The monoisotopic (exact) mass is 241 g/mol. The summed E-state index contributed by atoms with van der Waals surface area (Å²) in [5.41, 5.74) is 5.38. The van der Waals surface area contributed by atoms with Crippen molar-refractivity contribution in [1.29, 1.82) is 0 Å². The number of hydrogen-bond donors (Lipinski definition) is 2. The molecule has 1 saturated heterocycles. The summed E-state index contributed by atoms with van der Waals surface area (Å²) in [6.45, 7) is 9.25. The maximum atomic E-state index is 12.1. The molecule has 1 aliphatic heterocycles. The van der Waals surface area contributed by atoms with E-state index >= 15 is 0 Å². The van der Waals surface area contributed by atoms with Crippen molar-refractivity contribution in [3.63, 3.8) is 0 Å². The van der Waals surface area contributed by atoms with Crippen LogP contribution >= 0.6 is 0 Å². The Balaban J connectivity index is 2.38. The standard InChI is InChI=1S/C13H27N3O/c1-4-13(14,5-2)12(17)15-11(3)10-16-8-6-7-9-16/h11H,4-10,14H2,1-3H3,(H,15,17). The van der Waals surface area contributed by atoms with Gasteiger partial charge in [0.15, 0.2) is 0 Å². The van der Waals surface area contributed by atoms with Crippen LogP contribution in [0.5, 0.6) is 0 Å². The Morgan fingerprint density at radius 2 is 1.88 bits per heavy atom. The number of nitrogens with two attached hydrogens (primary N) is 1. The van der Waals surface area contributed by atoms with Crippen LogP contribution in [-0.2, 0) is 4.79 Å². The van der Waals surface area contributed by atoms with E-state index in [4.69, 9.17) is 5.73 Å². The van der Waals surface area contributed by atoms with E-state index in [0.717, 1.165) is 19.6 Å². The topological polar surface area (TPSA) is 58.4 Å². The molecule has 4 heteroatoms. The Kier molecular flexibility index (Phi) is 5.40. The highest BCUT2D eigenvalue weighted by Crippen LogP contribution is 2.12. The second kappa shape index (κ2) is 6.36. The Morgan fingerprint density at radius 1 is 1.35 bits per heavy atom. The highest BCUT2D eigenvalue weighted by atomic mass is 16.2. The molecule has 17 heavy (non-hydrogen) atoms. The molecule has 1 amide bonds. The van der Waals surface area contributed by atoms with Crippen molar-refractivity contribution >= 4 is 5.91 Å². The number of nitrogens with one attached hydrogen (secondary N) is 1. The molecule has 1 unspecified atom stereocenters. The summed E-state index contributed by atoms with van der Waals surface area (Å²) < 4.78 is 0. The smallest absolute Gasteiger partial charge is 0.240 e. The maximum absolute atomic E-state index is 12.1. The highest BCUT2D eigenvalue weighted by Gasteiger charge is 2.30. The quantitative estimate of drug-likeness (QED) is 0.732. The fraction of sp³-hybridized carbons (Fsp3) is 0.923. The van der Waals surface area contributed by atoms with Crippen LogP contribution in [0, 0.1) is 0 Å². The molecule has 1 aliphatic rings. The molecule has 1 rings (SSSR count). The van der Waals surface area contributed by atoms with Gasteiger partial charge in [0, 0.05) is 12.6 Å². The molecule has 0 radical (unpaired) electrons. The largest absolute Gasteiger partial charge is 0.351 e. The fourth-order valence-corrected chi connectivity index (χ4v) is 2.34. The van der Waals surface area contributed by atoms with Gasteiger partial charge < -0.3 is 16.0 Å². The van der Waals surface area contributed by atoms with E-state index in [2.05, 4.69) is 17.1 Å². The van der Waals surface area contributed by atoms with Gasteiger partial charge in [-0.3, -0.25) is 4.79 Å². The molecule has 0 aliphatic carbocycles. The average Bonchev–Trinajstić information content (AvgIpc) is 2.80. The highest BCUT2D eigenvalue weighted by molar-refractivity contribution is 5.86. The molecule has 0 aromatic carbocycles. The van der Waals surface area contributed by atoms with Gasteiger partial charge in [0.05, 0.1) is 5.54 Å². The molecule has 1 heterocycles. The molecule has 3 N–H and O–H groups in total. The summed E-state index contributed by atoms with van der Waals surface area (Å²) in [5.74, 6) is -0.00537. The number of carbonyl (C=O) groups excluding carboxylic acids is 1. The number of likely N-dealkylation sites (tertiary alicyclic amines) is 1. The van der Waals surface area contributed by atoms with Crippen molar-refractivity contribution in [3.8, 4) is 0 Å². The van der Waals surface area contributed by atoms with Crippen LogP contribution in [0.2, 0.25) is 0 Å². The van der Waals surface area contributed by atoms with Crippen LogP contribution in [0.4, 0.5) is 0 Å². The zero-order chi connectivity index (χ0) is 12.9. The summed E-state index contributed by atoms with van der Waals surface area (Å²) in [7, 11) is 0. The first-order valence-electron chi connectivity index (χ1n) is 6.84. The lowest BCUT2D eigenvalue weighted by Crippen LogP contribution is -2.56. The van der Waals surface area contributed by atoms with Crippen molar-refractivity contribution in [2.24, 2.45) is 5.73 Å². The van der Waals surface area contributed by atoms with Gasteiger partial charge in [0.25, 0.3) is 0 Å². The molecule has 0 aromatic rings. The molecule has 0 aromatic heterocycles. The van der Waals surface area contributed by atoms with Crippen molar-refractivity contribution in [2.45, 2.75) is 58.0 Å². The molecular formula is C13H27N3O. The van der Waals surface area contributed by atoms with Gasteiger partial charge in [0.1, 0.15) is 0 Å². The van der Waals surface area contributed by atoms with E-state index in [-0.39, 0.29) is 11.9 Å². The predicted octanol–water partition coefficient (Wildman–Crippen LogP) is 1.10. The van der Waals surface area contributed by atoms with E-state index < -0.39 is 5.54 Å². The zero-order valence-electron chi connectivity index (χ0n) is 11.5. The third kappa shape index (κ3) is 3.96. The number of carbonyl (C=O) groups is 1. The molecular weight excluding hydrogens is 214 g/mol. The van der Waals surface area contributed by atoms with Gasteiger partial charge in [-0.1, -0.05) is 13.8 Å². The third-order valence-corrected chi connectivity index (χ3v) is 3.82. The first-order valence-corrected chi connectivity index (χ1v) is 6.84. The molecule has 0 bridgehead atoms. The predicted molar refractivity (Wildman–Crippen MR) is 70.8 cm³/mol. The second-order valence-electron chi connectivity index (χ2n) is 5.25. The van der Waals surface area contributed by atoms with E-state index in [1.165, 1.54) is 12.8 Å². The van der Waals surface area contributed by atoms with Crippen molar-refractivity contribution in [3.05, 3.63) is 0 Å². The Morgan fingerprint density at radius 3 is 2.35 bits per heavy atom. The molecule has 100 valence electrons. The van der Waals surface area contributed by atoms with Crippen molar-refractivity contribution < 1.29 is 4.79 Å². The second-order valence-corrected chi connectivity index (χ2v) is 5.25. The van der Waals surface area contributed by atoms with E-state index in [1.807, 2.05) is 13.8 Å². The minimum atomic E-state index is -0.695. The summed E-state index contributed by atoms with van der Waals surface area (Å²) >= 11 is 0. The average molecular weight is 241 g/mol. The van der Waals surface area contributed by atoms with Crippen LogP contribution in [-0.4, -0.2) is 42.0 Å².